The average molecular weight is 650 g/mol. The zero-order chi connectivity index (χ0) is 34.8. The van der Waals surface area contributed by atoms with Crippen LogP contribution in [-0.4, -0.2) is 103 Å². The number of carbonyl (C=O) groups excluding carboxylic acids is 4. The molecule has 0 aliphatic heterocycles. The summed E-state index contributed by atoms with van der Waals surface area (Å²) in [6, 6.07) is 0. The first-order valence-electron chi connectivity index (χ1n) is 16.4. The summed E-state index contributed by atoms with van der Waals surface area (Å²) >= 11 is 1.83. The molecule has 0 saturated carbocycles. The number of hydrogen-bond donors (Lipinski definition) is 0. The van der Waals surface area contributed by atoms with Gasteiger partial charge < -0.3 is 23.8 Å². The van der Waals surface area contributed by atoms with E-state index in [9.17, 15) is 19.2 Å². The molecule has 10 heteroatoms. The Morgan fingerprint density at radius 3 is 1.55 bits per heavy atom. The van der Waals surface area contributed by atoms with Crippen molar-refractivity contribution >= 4 is 35.0 Å². The van der Waals surface area contributed by atoms with Crippen molar-refractivity contribution in [1.82, 2.24) is 4.90 Å². The number of rotatable bonds is 25. The normalized spacial score (nSPS) is 12.0. The summed E-state index contributed by atoms with van der Waals surface area (Å²) in [5.41, 5.74) is -1.02. The molecule has 0 heterocycles. The zero-order valence-corrected chi connectivity index (χ0v) is 31.3. The van der Waals surface area contributed by atoms with Crippen LogP contribution in [0.25, 0.3) is 0 Å². The Labute approximate surface area is 274 Å². The van der Waals surface area contributed by atoms with Crippen molar-refractivity contribution < 1.29 is 38.1 Å². The summed E-state index contributed by atoms with van der Waals surface area (Å²) < 4.78 is 23.7. The van der Waals surface area contributed by atoms with Crippen molar-refractivity contribution in [2.24, 2.45) is 0 Å². The minimum atomic E-state index is -1.02. The van der Waals surface area contributed by atoms with Crippen molar-refractivity contribution in [1.29, 1.82) is 0 Å². The van der Waals surface area contributed by atoms with E-state index in [1.54, 1.807) is 11.9 Å². The van der Waals surface area contributed by atoms with Crippen LogP contribution in [0.1, 0.15) is 122 Å². The fraction of sp³-hybridized carbons (Fsp3) is 0.882. The maximum absolute atomic E-state index is 13.5. The molecule has 0 aromatic rings. The first-order chi connectivity index (χ1) is 20.6. The molecule has 0 bridgehead atoms. The maximum Gasteiger partial charge on any atom is 0.225 e. The molecular formula is C34H67NO8S. The van der Waals surface area contributed by atoms with Gasteiger partial charge in [0.25, 0.3) is 0 Å². The van der Waals surface area contributed by atoms with Crippen LogP contribution in [0, 0.1) is 0 Å². The van der Waals surface area contributed by atoms with Gasteiger partial charge in [0, 0.05) is 37.5 Å². The number of thioether (sulfide) groups is 1. The lowest BCUT2D eigenvalue weighted by atomic mass is 9.99. The van der Waals surface area contributed by atoms with Crippen molar-refractivity contribution in [3.8, 4) is 0 Å². The molecule has 0 radical (unpaired) electrons. The molecule has 44 heavy (non-hydrogen) atoms. The van der Waals surface area contributed by atoms with Crippen LogP contribution < -0.4 is 0 Å². The quantitative estimate of drug-likeness (QED) is 0.0996. The number of nitrogens with zero attached hydrogens (tertiary/aromatic N) is 1. The van der Waals surface area contributed by atoms with Crippen LogP contribution in [0.3, 0.4) is 0 Å². The summed E-state index contributed by atoms with van der Waals surface area (Å²) in [6.45, 7) is 24.7. The van der Waals surface area contributed by atoms with Gasteiger partial charge in [-0.05, 0) is 46.3 Å². The largest absolute Gasteiger partial charge is 0.378 e. The van der Waals surface area contributed by atoms with Gasteiger partial charge in [-0.15, -0.1) is 0 Å². The Balaban J connectivity index is -0.00000402. The number of amides is 1. The molecular weight excluding hydrogens is 582 g/mol. The minimum Gasteiger partial charge on any atom is -0.378 e. The van der Waals surface area contributed by atoms with Gasteiger partial charge >= 0.3 is 0 Å². The molecule has 0 aromatic heterocycles. The first-order valence-corrected chi connectivity index (χ1v) is 17.3. The smallest absolute Gasteiger partial charge is 0.225 e. The van der Waals surface area contributed by atoms with E-state index >= 15 is 0 Å². The number of ether oxygens (including phenoxy) is 4. The number of hydrogen-bond acceptors (Lipinski definition) is 9. The van der Waals surface area contributed by atoms with Gasteiger partial charge in [-0.25, -0.2) is 0 Å². The van der Waals surface area contributed by atoms with E-state index in [0.717, 1.165) is 6.42 Å². The van der Waals surface area contributed by atoms with Crippen LogP contribution in [0.4, 0.5) is 0 Å². The van der Waals surface area contributed by atoms with Crippen LogP contribution in [0.2, 0.25) is 0 Å². The van der Waals surface area contributed by atoms with E-state index in [1.807, 2.05) is 53.3 Å². The Hall–Kier alpha value is -1.33. The highest BCUT2D eigenvalue weighted by Crippen LogP contribution is 2.29. The summed E-state index contributed by atoms with van der Waals surface area (Å²) in [6.07, 6.45) is 1.90. The van der Waals surface area contributed by atoms with E-state index < -0.39 is 5.54 Å². The average Bonchev–Trinajstić information content (AvgIpc) is 2.95. The molecule has 0 fully saturated rings. The van der Waals surface area contributed by atoms with Gasteiger partial charge in [-0.1, -0.05) is 48.5 Å². The van der Waals surface area contributed by atoms with Gasteiger partial charge in [0.05, 0.1) is 58.8 Å². The van der Waals surface area contributed by atoms with Gasteiger partial charge in [0.15, 0.2) is 0 Å². The van der Waals surface area contributed by atoms with Crippen LogP contribution in [0.15, 0.2) is 0 Å². The maximum atomic E-state index is 13.5. The highest BCUT2D eigenvalue weighted by atomic mass is 32.2. The zero-order valence-electron chi connectivity index (χ0n) is 30.5. The van der Waals surface area contributed by atoms with E-state index in [-0.39, 0.29) is 99.4 Å². The molecule has 0 aromatic carbocycles. The standard InChI is InChI=1S/C30H55NO8S.2C2H6/c1-10-11-27(34)14-17-38-22-30(20-36-15-12-24(4)32,21-37-16-13-25(5)33)31(9)28(35)18-26(6)39-19-29(7,8)40-23(2)3;2*1-2/h23,26H,10-22H2,1-9H3;2*1-2H3. The lowest BCUT2D eigenvalue weighted by Crippen LogP contribution is -2.59. The Morgan fingerprint density at radius 2 is 1.16 bits per heavy atom. The number of Topliss-reactive ketones (excluding diaryl/α,β-unsaturated/α-hetero) is 3. The van der Waals surface area contributed by atoms with E-state index in [1.165, 1.54) is 13.8 Å². The van der Waals surface area contributed by atoms with E-state index in [4.69, 9.17) is 18.9 Å². The molecule has 1 amide bonds. The third-order valence-electron chi connectivity index (χ3n) is 6.18. The van der Waals surface area contributed by atoms with Gasteiger partial charge in [0.1, 0.15) is 22.9 Å². The summed E-state index contributed by atoms with van der Waals surface area (Å²) in [4.78, 5) is 50.0. The van der Waals surface area contributed by atoms with Gasteiger partial charge in [-0.3, -0.25) is 19.2 Å². The summed E-state index contributed by atoms with van der Waals surface area (Å²) in [7, 11) is 1.68. The predicted molar refractivity (Wildman–Crippen MR) is 183 cm³/mol. The Bertz CT molecular complexity index is 750. The van der Waals surface area contributed by atoms with E-state index in [0.29, 0.717) is 18.3 Å². The summed E-state index contributed by atoms with van der Waals surface area (Å²) in [5.74, 6) is -0.0406. The third kappa shape index (κ3) is 24.9. The highest BCUT2D eigenvalue weighted by Gasteiger charge is 2.39. The summed E-state index contributed by atoms with van der Waals surface area (Å²) in [5, 5.41) is 0.463. The van der Waals surface area contributed by atoms with Crippen molar-refractivity contribution in [2.45, 2.75) is 143 Å². The second-order valence-electron chi connectivity index (χ2n) is 11.5. The highest BCUT2D eigenvalue weighted by molar-refractivity contribution is 8.01. The van der Waals surface area contributed by atoms with Crippen molar-refractivity contribution in [3.05, 3.63) is 0 Å². The molecule has 0 rings (SSSR count). The van der Waals surface area contributed by atoms with Gasteiger partial charge in [0.2, 0.25) is 5.91 Å². The molecule has 0 N–H and O–H groups in total. The molecule has 262 valence electrons. The number of carbonyl (C=O) groups is 4. The van der Waals surface area contributed by atoms with Crippen LogP contribution in [0.5, 0.6) is 0 Å². The molecule has 0 saturated heterocycles. The molecule has 1 atom stereocenters. The molecule has 0 aliphatic rings. The second kappa shape index (κ2) is 27.9. The lowest BCUT2D eigenvalue weighted by molar-refractivity contribution is -0.152. The minimum absolute atomic E-state index is 0.00273. The van der Waals surface area contributed by atoms with E-state index in [2.05, 4.69) is 27.7 Å². The van der Waals surface area contributed by atoms with Crippen molar-refractivity contribution in [3.63, 3.8) is 0 Å². The molecule has 0 spiro atoms. The lowest BCUT2D eigenvalue weighted by Gasteiger charge is -2.41. The molecule has 0 aliphatic carbocycles. The third-order valence-corrected chi connectivity index (χ3v) is 7.41. The fourth-order valence-corrected chi connectivity index (χ4v) is 5.36. The predicted octanol–water partition coefficient (Wildman–Crippen LogP) is 6.72. The fourth-order valence-electron chi connectivity index (χ4n) is 3.94. The first kappa shape index (κ1) is 47.1. The van der Waals surface area contributed by atoms with Gasteiger partial charge in [-0.2, -0.15) is 11.8 Å². The number of ketones is 3. The SMILES string of the molecule is CC.CC.CCCC(=O)CCOCC(COCCC(C)=O)(COCCC(C)=O)N(C)C(=O)CC(C)OCC(C)(C)SC(C)C. The topological polar surface area (TPSA) is 108 Å². The molecule has 9 nitrogen and oxygen atoms in total. The van der Waals surface area contributed by atoms with Crippen molar-refractivity contribution in [2.75, 3.05) is 53.3 Å². The second-order valence-corrected chi connectivity index (χ2v) is 13.8. The Kier molecular flexibility index (Phi) is 29.9. The monoisotopic (exact) mass is 649 g/mol. The van der Waals surface area contributed by atoms with Crippen LogP contribution >= 0.6 is 11.8 Å². The van der Waals surface area contributed by atoms with Crippen LogP contribution in [-0.2, 0) is 38.1 Å². The number of likely N-dealkylation sites (N-methyl/N-ethyl adjacent to an activating group) is 1. The molecule has 1 unspecified atom stereocenters. The Morgan fingerprint density at radius 1 is 0.727 bits per heavy atom.